The summed E-state index contributed by atoms with van der Waals surface area (Å²) < 4.78 is 21.8. The van der Waals surface area contributed by atoms with Crippen molar-refractivity contribution in [1.29, 1.82) is 0 Å². The quantitative estimate of drug-likeness (QED) is 0.225. The van der Waals surface area contributed by atoms with Crippen molar-refractivity contribution in [3.8, 4) is 22.1 Å². The van der Waals surface area contributed by atoms with E-state index in [1.807, 2.05) is 12.3 Å². The molecule has 3 aliphatic rings. The number of hydrogen-bond donors (Lipinski definition) is 1. The van der Waals surface area contributed by atoms with Gasteiger partial charge in [-0.15, -0.1) is 11.3 Å². The maximum Gasteiger partial charge on any atom is 0.166 e. The van der Waals surface area contributed by atoms with E-state index in [0.717, 1.165) is 53.3 Å². The van der Waals surface area contributed by atoms with Crippen LogP contribution in [0.15, 0.2) is 54.9 Å². The Morgan fingerprint density at radius 3 is 2.55 bits per heavy atom. The topological polar surface area (TPSA) is 67.3 Å². The van der Waals surface area contributed by atoms with Crippen molar-refractivity contribution < 1.29 is 13.9 Å². The number of ether oxygens (including phenoxy) is 1. The maximum absolute atomic E-state index is 15.0. The second kappa shape index (κ2) is 11.8. The summed E-state index contributed by atoms with van der Waals surface area (Å²) in [6.07, 6.45) is 12.0. The predicted molar refractivity (Wildman–Crippen MR) is 164 cm³/mol. The van der Waals surface area contributed by atoms with Crippen LogP contribution in [0.25, 0.3) is 20.8 Å². The van der Waals surface area contributed by atoms with Crippen molar-refractivity contribution in [1.82, 2.24) is 20.2 Å². The summed E-state index contributed by atoms with van der Waals surface area (Å²) in [7, 11) is 0. The van der Waals surface area contributed by atoms with E-state index in [9.17, 15) is 9.18 Å². The molecule has 0 atom stereocenters. The number of nitrogens with one attached hydrogen (secondary N) is 1. The van der Waals surface area contributed by atoms with Crippen LogP contribution in [0.3, 0.4) is 0 Å². The minimum atomic E-state index is -0.467. The molecule has 1 aromatic carbocycles. The molecule has 3 fully saturated rings. The van der Waals surface area contributed by atoms with Crippen LogP contribution in [-0.4, -0.2) is 46.8 Å². The molecule has 0 unspecified atom stereocenters. The first-order valence-corrected chi connectivity index (χ1v) is 16.1. The van der Waals surface area contributed by atoms with Gasteiger partial charge >= 0.3 is 0 Å². The molecular weight excluding hydrogens is 547 g/mol. The molecule has 42 heavy (non-hydrogen) atoms. The number of carbonyl (C=O) groups excluding carboxylic acids is 1. The van der Waals surface area contributed by atoms with Crippen molar-refractivity contribution >= 4 is 27.3 Å². The smallest absolute Gasteiger partial charge is 0.166 e. The van der Waals surface area contributed by atoms with E-state index >= 15 is 0 Å². The molecule has 0 radical (unpaired) electrons. The zero-order valence-corrected chi connectivity index (χ0v) is 24.7. The Bertz CT molecular complexity index is 1570. The molecule has 4 aromatic rings. The summed E-state index contributed by atoms with van der Waals surface area (Å²) in [5.41, 5.74) is 4.17. The highest BCUT2D eigenvalue weighted by Crippen LogP contribution is 2.41. The molecule has 2 aliphatic heterocycles. The van der Waals surface area contributed by atoms with Gasteiger partial charge in [-0.3, -0.25) is 19.7 Å². The number of pyridine rings is 2. The van der Waals surface area contributed by atoms with Gasteiger partial charge in [0.25, 0.3) is 0 Å². The number of rotatable bonds is 9. The number of thiophene rings is 1. The molecule has 1 spiro atoms. The fourth-order valence-corrected chi connectivity index (χ4v) is 7.53. The van der Waals surface area contributed by atoms with Crippen LogP contribution in [0, 0.1) is 17.2 Å². The highest BCUT2D eigenvalue weighted by Gasteiger charge is 2.35. The van der Waals surface area contributed by atoms with Gasteiger partial charge in [0, 0.05) is 37.8 Å². The molecule has 3 aromatic heterocycles. The van der Waals surface area contributed by atoms with Crippen molar-refractivity contribution in [3.63, 3.8) is 0 Å². The number of hydrogen-bond acceptors (Lipinski definition) is 7. The van der Waals surface area contributed by atoms with Crippen LogP contribution >= 0.6 is 11.3 Å². The van der Waals surface area contributed by atoms with E-state index in [1.54, 1.807) is 35.7 Å². The Morgan fingerprint density at radius 1 is 1.00 bits per heavy atom. The van der Waals surface area contributed by atoms with Crippen LogP contribution in [0.5, 0.6) is 11.5 Å². The summed E-state index contributed by atoms with van der Waals surface area (Å²) in [6, 6.07) is 12.9. The number of Topliss-reactive ketones (excluding diaryl/α,β-unsaturated/α-hetero) is 1. The van der Waals surface area contributed by atoms with Crippen molar-refractivity contribution in [3.05, 3.63) is 71.8 Å². The lowest BCUT2D eigenvalue weighted by Crippen LogP contribution is -2.45. The van der Waals surface area contributed by atoms with Crippen molar-refractivity contribution in [2.75, 3.05) is 26.2 Å². The van der Waals surface area contributed by atoms with Gasteiger partial charge in [0.05, 0.1) is 20.8 Å². The zero-order chi connectivity index (χ0) is 28.5. The average Bonchev–Trinajstić information content (AvgIpc) is 3.70. The Labute approximate surface area is 250 Å². The first-order chi connectivity index (χ1) is 20.5. The van der Waals surface area contributed by atoms with Gasteiger partial charge in [0.15, 0.2) is 11.6 Å². The average molecular weight is 585 g/mol. The van der Waals surface area contributed by atoms with Gasteiger partial charge < -0.3 is 10.1 Å². The molecule has 0 amide bonds. The molecule has 2 saturated heterocycles. The number of likely N-dealkylation sites (tertiary alicyclic amines) is 1. The Balaban J connectivity index is 1.01. The summed E-state index contributed by atoms with van der Waals surface area (Å²) in [5.74, 6) is 0.939. The second-order valence-electron chi connectivity index (χ2n) is 12.4. The van der Waals surface area contributed by atoms with Crippen molar-refractivity contribution in [2.45, 2.75) is 57.9 Å². The molecule has 218 valence electrons. The standard InChI is InChI=1S/C34H37FN4O2S/c35-27-19-24(18-26(40)17-23-1-2-23)4-6-30(27)41-31-7-12-37-29-20-32(42-33(29)31)28-5-3-25(21-38-28)22-39-15-10-34(11-16-39)8-13-36-14-9-34/h3-7,12,19-21,23,36H,1-2,8-11,13-18,22H2. The third-order valence-corrected chi connectivity index (χ3v) is 10.4. The molecule has 8 heteroatoms. The van der Waals surface area contributed by atoms with Gasteiger partial charge in [-0.1, -0.05) is 12.1 Å². The molecular formula is C34H37FN4O2S. The van der Waals surface area contributed by atoms with Crippen LogP contribution in [0.1, 0.15) is 56.1 Å². The number of fused-ring (bicyclic) bond motifs is 1. The molecule has 5 heterocycles. The molecule has 6 nitrogen and oxygen atoms in total. The fourth-order valence-electron chi connectivity index (χ4n) is 6.49. The fraction of sp³-hybridized carbons (Fsp3) is 0.441. The van der Waals surface area contributed by atoms with Crippen molar-refractivity contribution in [2.24, 2.45) is 11.3 Å². The second-order valence-corrected chi connectivity index (χ2v) is 13.5. The van der Waals surface area contributed by atoms with E-state index in [2.05, 4.69) is 27.3 Å². The van der Waals surface area contributed by atoms with Gasteiger partial charge in [-0.2, -0.15) is 0 Å². The third-order valence-electron chi connectivity index (χ3n) is 9.27. The zero-order valence-electron chi connectivity index (χ0n) is 23.9. The predicted octanol–water partition coefficient (Wildman–Crippen LogP) is 7.17. The van der Waals surface area contributed by atoms with Gasteiger partial charge in [-0.25, -0.2) is 4.39 Å². The number of piperidine rings is 2. The Morgan fingerprint density at radius 2 is 1.81 bits per heavy atom. The SMILES string of the molecule is O=C(Cc1ccc(Oc2ccnc3cc(-c4ccc(CN5CCC6(CCNCC6)CC5)cn4)sc23)c(F)c1)CC1CC1. The monoisotopic (exact) mass is 584 g/mol. The molecule has 7 rings (SSSR count). The van der Waals surface area contributed by atoms with Crippen LogP contribution in [0.2, 0.25) is 0 Å². The first kappa shape index (κ1) is 27.6. The third kappa shape index (κ3) is 6.26. The summed E-state index contributed by atoms with van der Waals surface area (Å²) in [6.45, 7) is 5.59. The Kier molecular flexibility index (Phi) is 7.78. The largest absolute Gasteiger partial charge is 0.453 e. The lowest BCUT2D eigenvalue weighted by atomic mass is 9.71. The lowest BCUT2D eigenvalue weighted by molar-refractivity contribution is -0.118. The number of carbonyl (C=O) groups is 1. The van der Waals surface area contributed by atoms with E-state index in [-0.39, 0.29) is 18.0 Å². The van der Waals surface area contributed by atoms with E-state index < -0.39 is 5.82 Å². The van der Waals surface area contributed by atoms with Crippen LogP contribution in [0.4, 0.5) is 4.39 Å². The Hall–Kier alpha value is -3.20. The normalized spacial score (nSPS) is 18.9. The van der Waals surface area contributed by atoms with Gasteiger partial charge in [0.1, 0.15) is 11.5 Å². The molecule has 1 aliphatic carbocycles. The number of aromatic nitrogens is 2. The number of benzene rings is 1. The minimum Gasteiger partial charge on any atom is -0.453 e. The number of ketones is 1. The van der Waals surface area contributed by atoms with Crippen LogP contribution < -0.4 is 10.1 Å². The number of nitrogens with zero attached hydrogens (tertiary/aromatic N) is 3. The minimum absolute atomic E-state index is 0.141. The van der Waals surface area contributed by atoms with E-state index in [1.165, 1.54) is 50.4 Å². The van der Waals surface area contributed by atoms with Crippen LogP contribution in [-0.2, 0) is 17.8 Å². The summed E-state index contributed by atoms with van der Waals surface area (Å²) in [5, 5.41) is 3.51. The molecule has 1 saturated carbocycles. The highest BCUT2D eigenvalue weighted by atomic mass is 32.1. The summed E-state index contributed by atoms with van der Waals surface area (Å²) in [4.78, 5) is 25.1. The first-order valence-electron chi connectivity index (χ1n) is 15.3. The maximum atomic E-state index is 15.0. The highest BCUT2D eigenvalue weighted by molar-refractivity contribution is 7.22. The van der Waals surface area contributed by atoms with Gasteiger partial charge in [0.2, 0.25) is 0 Å². The molecule has 0 bridgehead atoms. The molecule has 1 N–H and O–H groups in total. The van der Waals surface area contributed by atoms with E-state index in [0.29, 0.717) is 29.1 Å². The van der Waals surface area contributed by atoms with Gasteiger partial charge in [-0.05, 0) is 111 Å². The summed E-state index contributed by atoms with van der Waals surface area (Å²) >= 11 is 1.55. The lowest BCUT2D eigenvalue weighted by Gasteiger charge is -2.44. The number of halogens is 1. The van der Waals surface area contributed by atoms with E-state index in [4.69, 9.17) is 9.72 Å².